The summed E-state index contributed by atoms with van der Waals surface area (Å²) in [5.41, 5.74) is 7.52. The molecular formula is C14H19NO4. The van der Waals surface area contributed by atoms with Crippen molar-refractivity contribution in [3.63, 3.8) is 0 Å². The second-order valence-electron chi connectivity index (χ2n) is 4.58. The number of carboxylic acid groups (broad SMARTS) is 1. The second-order valence-corrected chi connectivity index (χ2v) is 4.58. The third kappa shape index (κ3) is 2.98. The van der Waals surface area contributed by atoms with Crippen molar-refractivity contribution in [3.8, 4) is 11.5 Å². The first-order valence-corrected chi connectivity index (χ1v) is 6.52. The molecule has 0 aliphatic carbocycles. The van der Waals surface area contributed by atoms with Crippen LogP contribution in [0.4, 0.5) is 0 Å². The number of ether oxygens (including phenoxy) is 2. The lowest BCUT2D eigenvalue weighted by atomic mass is 9.97. The summed E-state index contributed by atoms with van der Waals surface area (Å²) >= 11 is 0. The highest BCUT2D eigenvalue weighted by atomic mass is 16.5. The van der Waals surface area contributed by atoms with Crippen LogP contribution in [-0.4, -0.2) is 30.3 Å². The summed E-state index contributed by atoms with van der Waals surface area (Å²) in [4.78, 5) is 10.9. The van der Waals surface area contributed by atoms with E-state index in [-0.39, 0.29) is 0 Å². The minimum absolute atomic E-state index is 0.301. The van der Waals surface area contributed by atoms with Crippen molar-refractivity contribution in [1.29, 1.82) is 0 Å². The molecule has 1 aromatic rings. The van der Waals surface area contributed by atoms with Crippen LogP contribution in [0.2, 0.25) is 0 Å². The van der Waals surface area contributed by atoms with E-state index in [1.165, 1.54) is 0 Å². The average molecular weight is 265 g/mol. The monoisotopic (exact) mass is 265 g/mol. The highest BCUT2D eigenvalue weighted by Gasteiger charge is 2.20. The zero-order valence-electron chi connectivity index (χ0n) is 11.0. The van der Waals surface area contributed by atoms with Crippen LogP contribution in [0.3, 0.4) is 0 Å². The van der Waals surface area contributed by atoms with Gasteiger partial charge in [0.15, 0.2) is 11.5 Å². The van der Waals surface area contributed by atoms with E-state index < -0.39 is 12.0 Å². The van der Waals surface area contributed by atoms with Crippen LogP contribution in [-0.2, 0) is 17.6 Å². The van der Waals surface area contributed by atoms with Gasteiger partial charge in [0.05, 0.1) is 13.2 Å². The predicted octanol–water partition coefficient (Wildman–Crippen LogP) is 1.36. The van der Waals surface area contributed by atoms with Crippen molar-refractivity contribution in [3.05, 3.63) is 23.3 Å². The molecule has 0 fully saturated rings. The normalized spacial score (nSPS) is 15.7. The Labute approximate surface area is 112 Å². The lowest BCUT2D eigenvalue weighted by Gasteiger charge is -2.17. The molecule has 0 saturated heterocycles. The van der Waals surface area contributed by atoms with Crippen molar-refractivity contribution >= 4 is 5.97 Å². The smallest absolute Gasteiger partial charge is 0.320 e. The SMILES string of the molecule is CCc1c(CC(N)C(=O)O)ccc2c1OCCCO2. The molecule has 5 nitrogen and oxygen atoms in total. The van der Waals surface area contributed by atoms with E-state index >= 15 is 0 Å². The first kappa shape index (κ1) is 13.7. The fourth-order valence-electron chi connectivity index (χ4n) is 2.24. The van der Waals surface area contributed by atoms with Crippen LogP contribution >= 0.6 is 0 Å². The van der Waals surface area contributed by atoms with Crippen molar-refractivity contribution in [2.45, 2.75) is 32.2 Å². The highest BCUT2D eigenvalue weighted by molar-refractivity contribution is 5.73. The molecule has 0 bridgehead atoms. The Hall–Kier alpha value is -1.75. The van der Waals surface area contributed by atoms with E-state index in [9.17, 15) is 4.79 Å². The Bertz CT molecular complexity index is 473. The van der Waals surface area contributed by atoms with Gasteiger partial charge in [0.25, 0.3) is 0 Å². The standard InChI is InChI=1S/C14H19NO4/c1-2-10-9(8-11(15)14(16)17)4-5-12-13(10)19-7-3-6-18-12/h4-5,11H,2-3,6-8,15H2,1H3,(H,16,17). The summed E-state index contributed by atoms with van der Waals surface area (Å²) in [6.45, 7) is 3.28. The number of aliphatic carboxylic acids is 1. The molecular weight excluding hydrogens is 246 g/mol. The van der Waals surface area contributed by atoms with Crippen molar-refractivity contribution in [1.82, 2.24) is 0 Å². The van der Waals surface area contributed by atoms with Gasteiger partial charge < -0.3 is 20.3 Å². The maximum atomic E-state index is 10.9. The van der Waals surface area contributed by atoms with E-state index in [1.54, 1.807) is 0 Å². The number of carbonyl (C=O) groups is 1. The van der Waals surface area contributed by atoms with Crippen LogP contribution in [0.1, 0.15) is 24.5 Å². The number of fused-ring (bicyclic) bond motifs is 1. The number of nitrogens with two attached hydrogens (primary N) is 1. The van der Waals surface area contributed by atoms with Crippen LogP contribution in [0.5, 0.6) is 11.5 Å². The molecule has 5 heteroatoms. The summed E-state index contributed by atoms with van der Waals surface area (Å²) in [7, 11) is 0. The van der Waals surface area contributed by atoms with Gasteiger partial charge in [-0.1, -0.05) is 13.0 Å². The number of hydrogen-bond donors (Lipinski definition) is 2. The highest BCUT2D eigenvalue weighted by Crippen LogP contribution is 2.36. The molecule has 0 saturated carbocycles. The topological polar surface area (TPSA) is 81.8 Å². The number of rotatable bonds is 4. The van der Waals surface area contributed by atoms with Gasteiger partial charge in [-0.25, -0.2) is 0 Å². The van der Waals surface area contributed by atoms with E-state index in [4.69, 9.17) is 20.3 Å². The molecule has 1 aromatic carbocycles. The minimum atomic E-state index is -0.992. The van der Waals surface area contributed by atoms with Gasteiger partial charge in [0.1, 0.15) is 6.04 Å². The summed E-state index contributed by atoms with van der Waals surface area (Å²) in [6.07, 6.45) is 1.91. The van der Waals surface area contributed by atoms with Crippen LogP contribution in [0.15, 0.2) is 12.1 Å². The molecule has 2 rings (SSSR count). The van der Waals surface area contributed by atoms with Crippen LogP contribution in [0.25, 0.3) is 0 Å². The maximum Gasteiger partial charge on any atom is 0.320 e. The zero-order chi connectivity index (χ0) is 13.8. The molecule has 1 heterocycles. The summed E-state index contributed by atoms with van der Waals surface area (Å²) in [5.74, 6) is 0.492. The average Bonchev–Trinajstić information content (AvgIpc) is 2.63. The van der Waals surface area contributed by atoms with Gasteiger partial charge in [-0.3, -0.25) is 4.79 Å². The van der Waals surface area contributed by atoms with Gasteiger partial charge in [-0.2, -0.15) is 0 Å². The maximum absolute atomic E-state index is 10.9. The summed E-state index contributed by atoms with van der Waals surface area (Å²) < 4.78 is 11.4. The van der Waals surface area contributed by atoms with Crippen molar-refractivity contribution in [2.24, 2.45) is 5.73 Å². The largest absolute Gasteiger partial charge is 0.490 e. The Kier molecular flexibility index (Phi) is 4.27. The molecule has 0 aromatic heterocycles. The van der Waals surface area contributed by atoms with E-state index in [1.807, 2.05) is 19.1 Å². The van der Waals surface area contributed by atoms with Gasteiger partial charge in [-0.15, -0.1) is 0 Å². The molecule has 0 radical (unpaired) electrons. The fraction of sp³-hybridized carbons (Fsp3) is 0.500. The predicted molar refractivity (Wildman–Crippen MR) is 70.7 cm³/mol. The Morgan fingerprint density at radius 2 is 2.16 bits per heavy atom. The van der Waals surface area contributed by atoms with Gasteiger partial charge in [0, 0.05) is 12.0 Å². The molecule has 3 N–H and O–H groups in total. The van der Waals surface area contributed by atoms with Crippen molar-refractivity contribution in [2.75, 3.05) is 13.2 Å². The molecule has 1 atom stereocenters. The number of hydrogen-bond acceptors (Lipinski definition) is 4. The van der Waals surface area contributed by atoms with Gasteiger partial charge >= 0.3 is 5.97 Å². The Morgan fingerprint density at radius 1 is 1.42 bits per heavy atom. The number of benzene rings is 1. The fourth-order valence-corrected chi connectivity index (χ4v) is 2.24. The van der Waals surface area contributed by atoms with Gasteiger partial charge in [0.2, 0.25) is 0 Å². The van der Waals surface area contributed by atoms with Crippen molar-refractivity contribution < 1.29 is 19.4 Å². The first-order chi connectivity index (χ1) is 9.13. The minimum Gasteiger partial charge on any atom is -0.490 e. The zero-order valence-corrected chi connectivity index (χ0v) is 11.0. The second kappa shape index (κ2) is 5.93. The van der Waals surface area contributed by atoms with Gasteiger partial charge in [-0.05, 0) is 24.5 Å². The number of carboxylic acids is 1. The van der Waals surface area contributed by atoms with E-state index in [0.29, 0.717) is 19.6 Å². The molecule has 1 aliphatic rings. The molecule has 1 aliphatic heterocycles. The molecule has 0 amide bonds. The Morgan fingerprint density at radius 3 is 2.84 bits per heavy atom. The lowest BCUT2D eigenvalue weighted by molar-refractivity contribution is -0.138. The van der Waals surface area contributed by atoms with E-state index in [0.717, 1.165) is 35.5 Å². The molecule has 0 spiro atoms. The van der Waals surface area contributed by atoms with Crippen LogP contribution < -0.4 is 15.2 Å². The lowest BCUT2D eigenvalue weighted by Crippen LogP contribution is -2.32. The van der Waals surface area contributed by atoms with E-state index in [2.05, 4.69) is 0 Å². The molecule has 1 unspecified atom stereocenters. The quantitative estimate of drug-likeness (QED) is 0.859. The molecule has 19 heavy (non-hydrogen) atoms. The third-order valence-electron chi connectivity index (χ3n) is 3.22. The summed E-state index contributed by atoms with van der Waals surface area (Å²) in [6, 6.07) is 2.83. The molecule has 104 valence electrons. The van der Waals surface area contributed by atoms with Crippen LogP contribution in [0, 0.1) is 0 Å². The Balaban J connectivity index is 2.34. The summed E-state index contributed by atoms with van der Waals surface area (Å²) in [5, 5.41) is 8.91. The third-order valence-corrected chi connectivity index (χ3v) is 3.22. The first-order valence-electron chi connectivity index (χ1n) is 6.52.